The molecule has 1 unspecified atom stereocenters. The van der Waals surface area contributed by atoms with Crippen molar-refractivity contribution in [3.63, 3.8) is 0 Å². The van der Waals surface area contributed by atoms with Crippen molar-refractivity contribution in [3.05, 3.63) is 38.4 Å². The zero-order chi connectivity index (χ0) is 14.2. The molecule has 0 saturated heterocycles. The molecule has 2 rings (SSSR count). The molecule has 0 bridgehead atoms. The fourth-order valence-corrected chi connectivity index (χ4v) is 2.98. The summed E-state index contributed by atoms with van der Waals surface area (Å²) in [5.41, 5.74) is 6.80. The van der Waals surface area contributed by atoms with Gasteiger partial charge >= 0.3 is 0 Å². The lowest BCUT2D eigenvalue weighted by atomic mass is 10.0. The van der Waals surface area contributed by atoms with E-state index in [0.29, 0.717) is 16.3 Å². The molecule has 0 aliphatic rings. The lowest BCUT2D eigenvalue weighted by Gasteiger charge is -2.18. The van der Waals surface area contributed by atoms with Crippen LogP contribution < -0.4 is 5.73 Å². The monoisotopic (exact) mass is 318 g/mol. The molecule has 1 atom stereocenters. The number of nitrogens with two attached hydrogens (primary N) is 1. The van der Waals surface area contributed by atoms with E-state index >= 15 is 0 Å². The van der Waals surface area contributed by atoms with Crippen molar-refractivity contribution in [1.82, 2.24) is 4.98 Å². The van der Waals surface area contributed by atoms with Gasteiger partial charge in [-0.3, -0.25) is 0 Å². The van der Waals surface area contributed by atoms with Crippen LogP contribution in [0, 0.1) is 5.82 Å². The highest BCUT2D eigenvalue weighted by molar-refractivity contribution is 7.10. The highest BCUT2D eigenvalue weighted by Gasteiger charge is 2.23. The molecular weight excluding hydrogens is 306 g/mol. The van der Waals surface area contributed by atoms with E-state index in [-0.39, 0.29) is 5.02 Å². The predicted molar refractivity (Wildman–Crippen MR) is 79.4 cm³/mol. The van der Waals surface area contributed by atoms with Crippen molar-refractivity contribution >= 4 is 34.5 Å². The molecule has 0 spiro atoms. The first-order valence-electron chi connectivity index (χ1n) is 5.75. The smallest absolute Gasteiger partial charge is 0.142 e. The predicted octanol–water partition coefficient (Wildman–Crippen LogP) is 4.84. The van der Waals surface area contributed by atoms with Gasteiger partial charge in [0.25, 0.3) is 0 Å². The van der Waals surface area contributed by atoms with Gasteiger partial charge in [-0.15, -0.1) is 11.3 Å². The molecule has 0 amide bonds. The number of thiazole rings is 1. The van der Waals surface area contributed by atoms with Crippen LogP contribution in [-0.4, -0.2) is 4.98 Å². The molecule has 2 N–H and O–H groups in total. The van der Waals surface area contributed by atoms with Gasteiger partial charge in [-0.25, -0.2) is 9.37 Å². The summed E-state index contributed by atoms with van der Waals surface area (Å²) < 4.78 is 13.5. The number of halogens is 3. The molecule has 6 heteroatoms. The fourth-order valence-electron chi connectivity index (χ4n) is 1.53. The normalized spacial score (nSPS) is 14.4. The van der Waals surface area contributed by atoms with Gasteiger partial charge in [-0.05, 0) is 25.5 Å². The molecule has 0 saturated carbocycles. The molecule has 2 aromatic rings. The minimum absolute atomic E-state index is 0.00132. The topological polar surface area (TPSA) is 38.9 Å². The third-order valence-corrected chi connectivity index (χ3v) is 4.74. The zero-order valence-electron chi connectivity index (χ0n) is 10.5. The molecule has 1 aromatic carbocycles. The minimum atomic E-state index is -0.512. The number of hydrogen-bond acceptors (Lipinski definition) is 3. The summed E-state index contributed by atoms with van der Waals surface area (Å²) in [5, 5.41) is 3.00. The largest absolute Gasteiger partial charge is 0.320 e. The average molecular weight is 319 g/mol. The highest BCUT2D eigenvalue weighted by Crippen LogP contribution is 2.35. The summed E-state index contributed by atoms with van der Waals surface area (Å²) in [6.45, 7) is 3.91. The average Bonchev–Trinajstić information content (AvgIpc) is 2.84. The Hall–Kier alpha value is -0.680. The van der Waals surface area contributed by atoms with E-state index in [1.807, 2.05) is 19.2 Å². The Morgan fingerprint density at radius 3 is 2.68 bits per heavy atom. The van der Waals surface area contributed by atoms with Crippen LogP contribution >= 0.6 is 34.5 Å². The van der Waals surface area contributed by atoms with Gasteiger partial charge in [0.15, 0.2) is 0 Å². The van der Waals surface area contributed by atoms with Crippen molar-refractivity contribution in [2.75, 3.05) is 0 Å². The number of benzene rings is 1. The van der Waals surface area contributed by atoms with Crippen molar-refractivity contribution in [2.45, 2.75) is 25.8 Å². The second-order valence-electron chi connectivity index (χ2n) is 4.56. The van der Waals surface area contributed by atoms with Crippen LogP contribution in [-0.2, 0) is 5.54 Å². The van der Waals surface area contributed by atoms with E-state index < -0.39 is 11.4 Å². The summed E-state index contributed by atoms with van der Waals surface area (Å²) in [6.07, 6.45) is 0.767. The van der Waals surface area contributed by atoms with E-state index in [9.17, 15) is 4.39 Å². The van der Waals surface area contributed by atoms with Gasteiger partial charge in [0, 0.05) is 10.9 Å². The van der Waals surface area contributed by atoms with Gasteiger partial charge in [0.1, 0.15) is 10.8 Å². The Morgan fingerprint density at radius 1 is 1.37 bits per heavy atom. The van der Waals surface area contributed by atoms with E-state index in [1.54, 1.807) is 0 Å². The lowest BCUT2D eigenvalue weighted by Crippen LogP contribution is -2.31. The van der Waals surface area contributed by atoms with Crippen molar-refractivity contribution < 1.29 is 4.39 Å². The van der Waals surface area contributed by atoms with Crippen molar-refractivity contribution in [3.8, 4) is 11.3 Å². The summed E-state index contributed by atoms with van der Waals surface area (Å²) >= 11 is 13.2. The van der Waals surface area contributed by atoms with Gasteiger partial charge in [0.2, 0.25) is 0 Å². The fraction of sp³-hybridized carbons (Fsp3) is 0.308. The molecular formula is C13H13Cl2FN2S. The summed E-state index contributed by atoms with van der Waals surface area (Å²) in [6, 6.07) is 2.68. The zero-order valence-corrected chi connectivity index (χ0v) is 12.8. The summed E-state index contributed by atoms with van der Waals surface area (Å²) in [4.78, 5) is 4.45. The van der Waals surface area contributed by atoms with Crippen molar-refractivity contribution in [2.24, 2.45) is 5.73 Å². The standard InChI is InChI=1S/C13H13Cl2FN2S/c1-3-13(2,17)12-18-11(6-19-12)7-4-10(16)9(15)5-8(7)14/h4-6H,3,17H2,1-2H3. The lowest BCUT2D eigenvalue weighted by molar-refractivity contribution is 0.474. The van der Waals surface area contributed by atoms with E-state index in [0.717, 1.165) is 11.4 Å². The van der Waals surface area contributed by atoms with E-state index in [1.165, 1.54) is 23.5 Å². The molecule has 0 aliphatic carbocycles. The molecule has 102 valence electrons. The highest BCUT2D eigenvalue weighted by atomic mass is 35.5. The quantitative estimate of drug-likeness (QED) is 0.822. The van der Waals surface area contributed by atoms with Crippen LogP contribution in [0.1, 0.15) is 25.3 Å². The van der Waals surface area contributed by atoms with Crippen molar-refractivity contribution in [1.29, 1.82) is 0 Å². The SMILES string of the molecule is CCC(C)(N)c1nc(-c2cc(F)c(Cl)cc2Cl)cs1. The van der Waals surface area contributed by atoms with Gasteiger partial charge < -0.3 is 5.73 Å². The Morgan fingerprint density at radius 2 is 2.05 bits per heavy atom. The molecule has 2 nitrogen and oxygen atoms in total. The van der Waals surface area contributed by atoms with Gasteiger partial charge in [-0.2, -0.15) is 0 Å². The maximum absolute atomic E-state index is 13.5. The molecule has 1 heterocycles. The summed E-state index contributed by atoms with van der Waals surface area (Å²) in [7, 11) is 0. The number of rotatable bonds is 3. The number of hydrogen-bond donors (Lipinski definition) is 1. The Bertz CT molecular complexity index is 611. The van der Waals surface area contributed by atoms with E-state index in [4.69, 9.17) is 28.9 Å². The first kappa shape index (κ1) is 14.7. The minimum Gasteiger partial charge on any atom is -0.320 e. The maximum Gasteiger partial charge on any atom is 0.142 e. The van der Waals surface area contributed by atoms with Crippen LogP contribution in [0.25, 0.3) is 11.3 Å². The van der Waals surface area contributed by atoms with Gasteiger partial charge in [0.05, 0.1) is 21.3 Å². The molecule has 0 fully saturated rings. The van der Waals surface area contributed by atoms with E-state index in [2.05, 4.69) is 4.98 Å². The van der Waals surface area contributed by atoms with Gasteiger partial charge in [-0.1, -0.05) is 30.1 Å². The summed E-state index contributed by atoms with van der Waals surface area (Å²) in [5.74, 6) is -0.512. The van der Waals surface area contributed by atoms with Crippen LogP contribution in [0.15, 0.2) is 17.5 Å². The third-order valence-electron chi connectivity index (χ3n) is 3.01. The third kappa shape index (κ3) is 2.92. The maximum atomic E-state index is 13.5. The first-order chi connectivity index (χ1) is 8.85. The molecule has 1 aromatic heterocycles. The molecule has 0 aliphatic heterocycles. The molecule has 0 radical (unpaired) electrons. The number of aromatic nitrogens is 1. The van der Waals surface area contributed by atoms with Crippen LogP contribution in [0.4, 0.5) is 4.39 Å². The van der Waals surface area contributed by atoms with Crippen LogP contribution in [0.3, 0.4) is 0 Å². The second kappa shape index (κ2) is 5.37. The molecule has 19 heavy (non-hydrogen) atoms. The Labute approximate surface area is 125 Å². The second-order valence-corrected chi connectivity index (χ2v) is 6.23. The Kier molecular flexibility index (Phi) is 4.16. The van der Waals surface area contributed by atoms with Crippen LogP contribution in [0.5, 0.6) is 0 Å². The van der Waals surface area contributed by atoms with Crippen LogP contribution in [0.2, 0.25) is 10.0 Å². The number of nitrogens with zero attached hydrogens (tertiary/aromatic N) is 1. The Balaban J connectivity index is 2.47. The first-order valence-corrected chi connectivity index (χ1v) is 7.38.